The first-order valence-corrected chi connectivity index (χ1v) is 9.09. The van der Waals surface area contributed by atoms with E-state index in [0.717, 1.165) is 23.1 Å². The van der Waals surface area contributed by atoms with Crippen LogP contribution in [0, 0.1) is 0 Å². The number of nitrogens with zero attached hydrogens (tertiary/aromatic N) is 3. The van der Waals surface area contributed by atoms with Gasteiger partial charge in [-0.1, -0.05) is 6.92 Å². The topological polar surface area (TPSA) is 42.7 Å². The molecule has 0 aromatic carbocycles. The molecule has 0 saturated heterocycles. The fourth-order valence-corrected chi connectivity index (χ4v) is 4.32. The lowest BCUT2D eigenvalue weighted by Gasteiger charge is -2.13. The van der Waals surface area contributed by atoms with Crippen LogP contribution in [0.1, 0.15) is 31.7 Å². The molecule has 2 unspecified atom stereocenters. The molecule has 3 rings (SSSR count). The molecule has 2 aromatic heterocycles. The molecular weight excluding hydrogens is 292 g/mol. The van der Waals surface area contributed by atoms with Gasteiger partial charge in [-0.05, 0) is 37.1 Å². The van der Waals surface area contributed by atoms with Crippen molar-refractivity contribution in [2.75, 3.05) is 5.75 Å². The highest BCUT2D eigenvalue weighted by atomic mass is 32.2. The van der Waals surface area contributed by atoms with Crippen molar-refractivity contribution in [1.29, 1.82) is 0 Å². The van der Waals surface area contributed by atoms with Gasteiger partial charge in [0.25, 0.3) is 0 Å². The van der Waals surface area contributed by atoms with E-state index in [9.17, 15) is 0 Å². The van der Waals surface area contributed by atoms with Gasteiger partial charge in [-0.15, -0.1) is 0 Å². The molecule has 0 amide bonds. The third-order valence-electron chi connectivity index (χ3n) is 4.21. The molecule has 2 atom stereocenters. The summed E-state index contributed by atoms with van der Waals surface area (Å²) in [5.74, 6) is 1.23. The van der Waals surface area contributed by atoms with Crippen LogP contribution in [0.15, 0.2) is 30.7 Å². The van der Waals surface area contributed by atoms with Gasteiger partial charge in [-0.25, -0.2) is 0 Å². The maximum Gasteiger partial charge on any atom is 0.0983 e. The molecule has 0 spiro atoms. The monoisotopic (exact) mass is 316 g/mol. The summed E-state index contributed by atoms with van der Waals surface area (Å²) in [6, 6.07) is 4.68. The second kappa shape index (κ2) is 7.29. The second-order valence-corrected chi connectivity index (χ2v) is 7.46. The average Bonchev–Trinajstić information content (AvgIpc) is 3.13. The van der Waals surface area contributed by atoms with Crippen molar-refractivity contribution in [2.45, 2.75) is 44.0 Å². The molecule has 5 heteroatoms. The highest BCUT2D eigenvalue weighted by molar-refractivity contribution is 7.99. The van der Waals surface area contributed by atoms with Crippen molar-refractivity contribution < 1.29 is 0 Å². The van der Waals surface area contributed by atoms with Crippen molar-refractivity contribution in [1.82, 2.24) is 20.1 Å². The smallest absolute Gasteiger partial charge is 0.0983 e. The Morgan fingerprint density at radius 2 is 2.32 bits per heavy atom. The molecule has 2 aromatic rings. The molecule has 2 heterocycles. The molecule has 118 valence electrons. The summed E-state index contributed by atoms with van der Waals surface area (Å²) in [6.45, 7) is 3.13. The van der Waals surface area contributed by atoms with Crippen molar-refractivity contribution >= 4 is 11.8 Å². The van der Waals surface area contributed by atoms with E-state index < -0.39 is 0 Å². The number of pyridine rings is 1. The van der Waals surface area contributed by atoms with E-state index in [2.05, 4.69) is 46.3 Å². The summed E-state index contributed by atoms with van der Waals surface area (Å²) >= 11 is 2.10. The van der Waals surface area contributed by atoms with Gasteiger partial charge in [-0.3, -0.25) is 9.67 Å². The fourth-order valence-electron chi connectivity index (χ4n) is 3.18. The highest BCUT2D eigenvalue weighted by Gasteiger charge is 2.24. The second-order valence-electron chi connectivity index (χ2n) is 5.89. The van der Waals surface area contributed by atoms with E-state index >= 15 is 0 Å². The normalized spacial score (nSPS) is 21.4. The molecule has 22 heavy (non-hydrogen) atoms. The van der Waals surface area contributed by atoms with Crippen LogP contribution in [-0.4, -0.2) is 31.8 Å². The quantitative estimate of drug-likeness (QED) is 0.888. The third-order valence-corrected chi connectivity index (χ3v) is 5.44. The van der Waals surface area contributed by atoms with Gasteiger partial charge in [0, 0.05) is 54.6 Å². The number of thioether (sulfide) groups is 1. The predicted octanol–water partition coefficient (Wildman–Crippen LogP) is 3.25. The van der Waals surface area contributed by atoms with Gasteiger partial charge in [0.1, 0.15) is 0 Å². The standard InChI is InChI=1S/C17H24N4S/c1-3-22-16-7-6-15(9-16)19-11-14-12-21(2)20-17(14)13-5-4-8-18-10-13/h4-5,8,10,12,15-16,19H,3,6-7,9,11H2,1-2H3. The maximum atomic E-state index is 4.60. The van der Waals surface area contributed by atoms with Crippen molar-refractivity contribution in [3.05, 3.63) is 36.3 Å². The molecule has 1 aliphatic rings. The van der Waals surface area contributed by atoms with Crippen molar-refractivity contribution in [3.63, 3.8) is 0 Å². The van der Waals surface area contributed by atoms with E-state index in [1.807, 2.05) is 24.0 Å². The van der Waals surface area contributed by atoms with Crippen LogP contribution in [0.5, 0.6) is 0 Å². The fraction of sp³-hybridized carbons (Fsp3) is 0.529. The number of nitrogens with one attached hydrogen (secondary N) is 1. The Hall–Kier alpha value is -1.33. The largest absolute Gasteiger partial charge is 0.310 e. The first-order valence-electron chi connectivity index (χ1n) is 8.04. The summed E-state index contributed by atoms with van der Waals surface area (Å²) in [5, 5.41) is 9.17. The zero-order valence-electron chi connectivity index (χ0n) is 13.3. The molecule has 0 bridgehead atoms. The van der Waals surface area contributed by atoms with E-state index in [-0.39, 0.29) is 0 Å². The van der Waals surface area contributed by atoms with Crippen molar-refractivity contribution in [3.8, 4) is 11.3 Å². The number of hydrogen-bond donors (Lipinski definition) is 1. The molecule has 4 nitrogen and oxygen atoms in total. The van der Waals surface area contributed by atoms with Crippen LogP contribution in [0.3, 0.4) is 0 Å². The predicted molar refractivity (Wildman–Crippen MR) is 92.8 cm³/mol. The minimum Gasteiger partial charge on any atom is -0.310 e. The van der Waals surface area contributed by atoms with Gasteiger partial charge in [0.15, 0.2) is 0 Å². The van der Waals surface area contributed by atoms with Crippen LogP contribution < -0.4 is 5.32 Å². The summed E-state index contributed by atoms with van der Waals surface area (Å²) in [5.41, 5.74) is 3.38. The lowest BCUT2D eigenvalue weighted by molar-refractivity contribution is 0.525. The Labute approximate surface area is 136 Å². The summed E-state index contributed by atoms with van der Waals surface area (Å²) in [4.78, 5) is 4.21. The highest BCUT2D eigenvalue weighted by Crippen LogP contribution is 2.30. The number of hydrogen-bond acceptors (Lipinski definition) is 4. The zero-order valence-corrected chi connectivity index (χ0v) is 14.1. The summed E-state index contributed by atoms with van der Waals surface area (Å²) < 4.78 is 1.89. The molecular formula is C17H24N4S. The summed E-state index contributed by atoms with van der Waals surface area (Å²) in [6.07, 6.45) is 9.73. The number of aromatic nitrogens is 3. The van der Waals surface area contributed by atoms with Crippen LogP contribution in [0.25, 0.3) is 11.3 Å². The minimum absolute atomic E-state index is 0.644. The zero-order chi connectivity index (χ0) is 15.4. The van der Waals surface area contributed by atoms with Gasteiger partial charge < -0.3 is 5.32 Å². The Morgan fingerprint density at radius 3 is 3.09 bits per heavy atom. The Morgan fingerprint density at radius 1 is 1.41 bits per heavy atom. The lowest BCUT2D eigenvalue weighted by atomic mass is 10.1. The minimum atomic E-state index is 0.644. The van der Waals surface area contributed by atoms with E-state index in [0.29, 0.717) is 6.04 Å². The van der Waals surface area contributed by atoms with Gasteiger partial charge in [-0.2, -0.15) is 16.9 Å². The molecule has 0 aliphatic heterocycles. The molecule has 1 saturated carbocycles. The van der Waals surface area contributed by atoms with Crippen LogP contribution >= 0.6 is 11.8 Å². The molecule has 1 N–H and O–H groups in total. The lowest BCUT2D eigenvalue weighted by Crippen LogP contribution is -2.26. The Kier molecular flexibility index (Phi) is 5.16. The van der Waals surface area contributed by atoms with E-state index in [1.165, 1.54) is 30.6 Å². The molecule has 0 radical (unpaired) electrons. The molecule has 1 fully saturated rings. The maximum absolute atomic E-state index is 4.60. The van der Waals surface area contributed by atoms with Gasteiger partial charge in [0.2, 0.25) is 0 Å². The van der Waals surface area contributed by atoms with Crippen molar-refractivity contribution in [2.24, 2.45) is 7.05 Å². The number of aryl methyl sites for hydroxylation is 1. The van der Waals surface area contributed by atoms with Crippen LogP contribution in [-0.2, 0) is 13.6 Å². The van der Waals surface area contributed by atoms with Crippen LogP contribution in [0.4, 0.5) is 0 Å². The van der Waals surface area contributed by atoms with Crippen LogP contribution in [0.2, 0.25) is 0 Å². The van der Waals surface area contributed by atoms with E-state index in [1.54, 1.807) is 6.20 Å². The Bertz CT molecular complexity index is 596. The summed E-state index contributed by atoms with van der Waals surface area (Å²) in [7, 11) is 1.98. The Balaban J connectivity index is 1.64. The average molecular weight is 316 g/mol. The van der Waals surface area contributed by atoms with E-state index in [4.69, 9.17) is 0 Å². The first kappa shape index (κ1) is 15.6. The molecule has 1 aliphatic carbocycles. The van der Waals surface area contributed by atoms with Gasteiger partial charge in [0.05, 0.1) is 5.69 Å². The SMILES string of the molecule is CCSC1CCC(NCc2cn(C)nc2-c2cccnc2)C1. The number of rotatable bonds is 6. The third kappa shape index (κ3) is 3.70. The first-order chi connectivity index (χ1) is 10.8. The van der Waals surface area contributed by atoms with Gasteiger partial charge >= 0.3 is 0 Å².